The van der Waals surface area contributed by atoms with Gasteiger partial charge >= 0.3 is 0 Å². The van der Waals surface area contributed by atoms with E-state index in [9.17, 15) is 4.79 Å². The Kier molecular flexibility index (Phi) is 6.32. The molecule has 0 fully saturated rings. The van der Waals surface area contributed by atoms with Crippen molar-refractivity contribution < 1.29 is 19.0 Å². The first-order valence-electron chi connectivity index (χ1n) is 8.04. The number of carbonyl (C=O) groups is 1. The van der Waals surface area contributed by atoms with E-state index in [1.165, 1.54) is 7.11 Å². The highest BCUT2D eigenvalue weighted by Crippen LogP contribution is 2.36. The quantitative estimate of drug-likeness (QED) is 0.518. The van der Waals surface area contributed by atoms with Crippen molar-refractivity contribution in [2.75, 3.05) is 20.3 Å². The third kappa shape index (κ3) is 4.89. The van der Waals surface area contributed by atoms with Crippen LogP contribution in [0.2, 0.25) is 5.02 Å². The summed E-state index contributed by atoms with van der Waals surface area (Å²) in [7, 11) is 1.50. The highest BCUT2D eigenvalue weighted by atomic mass is 35.5. The molecular formula is C20H23ClO4. The van der Waals surface area contributed by atoms with E-state index < -0.39 is 0 Å². The van der Waals surface area contributed by atoms with Gasteiger partial charge in [0, 0.05) is 5.56 Å². The fourth-order valence-corrected chi connectivity index (χ4v) is 2.73. The van der Waals surface area contributed by atoms with E-state index in [1.54, 1.807) is 12.1 Å². The first-order chi connectivity index (χ1) is 11.9. The Balaban J connectivity index is 2.02. The standard InChI is InChI=1S/C20H23ClO4/c1-20(2,3)15-7-5-6-8-17(15)24-9-10-25-19-16(21)11-14(13-22)12-18(19)23-4/h5-8,11-13H,9-10H2,1-4H3. The fraction of sp³-hybridized carbons (Fsp3) is 0.350. The number of aldehydes is 1. The lowest BCUT2D eigenvalue weighted by molar-refractivity contribution is 0.112. The van der Waals surface area contributed by atoms with E-state index in [-0.39, 0.29) is 5.41 Å². The van der Waals surface area contributed by atoms with Crippen LogP contribution in [0.25, 0.3) is 0 Å². The molecule has 0 N–H and O–H groups in total. The number of rotatable bonds is 7. The van der Waals surface area contributed by atoms with Crippen molar-refractivity contribution in [3.05, 3.63) is 52.5 Å². The molecule has 134 valence electrons. The van der Waals surface area contributed by atoms with Crippen molar-refractivity contribution in [2.24, 2.45) is 0 Å². The van der Waals surface area contributed by atoms with Crippen molar-refractivity contribution in [3.8, 4) is 17.2 Å². The topological polar surface area (TPSA) is 44.8 Å². The summed E-state index contributed by atoms with van der Waals surface area (Å²) in [5.74, 6) is 1.67. The van der Waals surface area contributed by atoms with Gasteiger partial charge in [-0.1, -0.05) is 50.6 Å². The van der Waals surface area contributed by atoms with Gasteiger partial charge in [-0.2, -0.15) is 0 Å². The Labute approximate surface area is 153 Å². The van der Waals surface area contributed by atoms with Crippen molar-refractivity contribution in [3.63, 3.8) is 0 Å². The highest BCUT2D eigenvalue weighted by Gasteiger charge is 2.18. The van der Waals surface area contributed by atoms with Gasteiger partial charge in [0.2, 0.25) is 0 Å². The molecule has 0 saturated carbocycles. The number of ether oxygens (including phenoxy) is 3. The maximum atomic E-state index is 10.9. The summed E-state index contributed by atoms with van der Waals surface area (Å²) in [4.78, 5) is 10.9. The number of hydrogen-bond donors (Lipinski definition) is 0. The number of benzene rings is 2. The van der Waals surface area contributed by atoms with E-state index in [0.29, 0.717) is 41.6 Å². The third-order valence-corrected chi connectivity index (χ3v) is 3.95. The van der Waals surface area contributed by atoms with Crippen LogP contribution in [0.1, 0.15) is 36.7 Å². The normalized spacial score (nSPS) is 11.1. The van der Waals surface area contributed by atoms with Gasteiger partial charge in [-0.05, 0) is 29.2 Å². The van der Waals surface area contributed by atoms with E-state index in [2.05, 4.69) is 26.8 Å². The lowest BCUT2D eigenvalue weighted by atomic mass is 9.86. The van der Waals surface area contributed by atoms with Crippen LogP contribution in [-0.4, -0.2) is 26.6 Å². The molecule has 0 aromatic heterocycles. The maximum absolute atomic E-state index is 10.9. The molecule has 4 nitrogen and oxygen atoms in total. The number of halogens is 1. The summed E-state index contributed by atoms with van der Waals surface area (Å²) in [5, 5.41) is 0.330. The minimum atomic E-state index is -0.00532. The van der Waals surface area contributed by atoms with Gasteiger partial charge in [0.15, 0.2) is 11.5 Å². The van der Waals surface area contributed by atoms with Gasteiger partial charge in [-0.3, -0.25) is 4.79 Å². The number of methoxy groups -OCH3 is 1. The molecule has 2 aromatic rings. The molecule has 25 heavy (non-hydrogen) atoms. The van der Waals surface area contributed by atoms with Crippen LogP contribution in [-0.2, 0) is 5.41 Å². The molecule has 0 saturated heterocycles. The summed E-state index contributed by atoms with van der Waals surface area (Å²) < 4.78 is 16.8. The van der Waals surface area contributed by atoms with Crippen molar-refractivity contribution in [2.45, 2.75) is 26.2 Å². The Hall–Kier alpha value is -2.20. The van der Waals surface area contributed by atoms with Gasteiger partial charge in [-0.15, -0.1) is 0 Å². The van der Waals surface area contributed by atoms with Crippen LogP contribution in [0, 0.1) is 0 Å². The molecule has 0 aliphatic heterocycles. The SMILES string of the molecule is COc1cc(C=O)cc(Cl)c1OCCOc1ccccc1C(C)(C)C. The highest BCUT2D eigenvalue weighted by molar-refractivity contribution is 6.32. The van der Waals surface area contributed by atoms with Gasteiger partial charge in [-0.25, -0.2) is 0 Å². The van der Waals surface area contributed by atoms with E-state index >= 15 is 0 Å². The zero-order valence-electron chi connectivity index (χ0n) is 15.0. The molecule has 0 aliphatic carbocycles. The molecule has 0 spiro atoms. The Morgan fingerprint density at radius 1 is 1.04 bits per heavy atom. The molecule has 2 rings (SSSR count). The van der Waals surface area contributed by atoms with Crippen molar-refractivity contribution >= 4 is 17.9 Å². The van der Waals surface area contributed by atoms with Crippen LogP contribution in [0.4, 0.5) is 0 Å². The van der Waals surface area contributed by atoms with E-state index in [4.69, 9.17) is 25.8 Å². The second kappa shape index (κ2) is 8.26. The zero-order valence-corrected chi connectivity index (χ0v) is 15.7. The van der Waals surface area contributed by atoms with Crippen molar-refractivity contribution in [1.82, 2.24) is 0 Å². The maximum Gasteiger partial charge on any atom is 0.179 e. The average Bonchev–Trinajstić information content (AvgIpc) is 2.58. The molecular weight excluding hydrogens is 340 g/mol. The largest absolute Gasteiger partial charge is 0.493 e. The molecule has 0 radical (unpaired) electrons. The Bertz CT molecular complexity index is 735. The van der Waals surface area contributed by atoms with Crippen LogP contribution in [0.3, 0.4) is 0 Å². The van der Waals surface area contributed by atoms with Crippen LogP contribution >= 0.6 is 11.6 Å². The fourth-order valence-electron chi connectivity index (χ4n) is 2.46. The molecule has 0 heterocycles. The second-order valence-corrected chi connectivity index (χ2v) is 7.00. The molecule has 0 aliphatic rings. The minimum Gasteiger partial charge on any atom is -0.493 e. The Morgan fingerprint density at radius 3 is 2.36 bits per heavy atom. The smallest absolute Gasteiger partial charge is 0.179 e. The summed E-state index contributed by atoms with van der Waals surface area (Å²) in [6.45, 7) is 7.09. The lowest BCUT2D eigenvalue weighted by Crippen LogP contribution is -2.16. The first-order valence-corrected chi connectivity index (χ1v) is 8.42. The summed E-state index contributed by atoms with van der Waals surface area (Å²) in [6.07, 6.45) is 0.713. The molecule has 0 atom stereocenters. The van der Waals surface area contributed by atoms with Gasteiger partial charge in [0.05, 0.1) is 12.1 Å². The molecule has 5 heteroatoms. The predicted octanol–water partition coefficient (Wildman–Crippen LogP) is 4.92. The van der Waals surface area contributed by atoms with E-state index in [0.717, 1.165) is 11.3 Å². The van der Waals surface area contributed by atoms with Gasteiger partial charge < -0.3 is 14.2 Å². The molecule has 0 bridgehead atoms. The zero-order chi connectivity index (χ0) is 18.4. The number of hydrogen-bond acceptors (Lipinski definition) is 4. The first kappa shape index (κ1) is 19.1. The molecule has 0 amide bonds. The van der Waals surface area contributed by atoms with Gasteiger partial charge in [0.1, 0.15) is 25.2 Å². The third-order valence-electron chi connectivity index (χ3n) is 3.67. The monoisotopic (exact) mass is 362 g/mol. The second-order valence-electron chi connectivity index (χ2n) is 6.60. The molecule has 0 unspecified atom stereocenters. The van der Waals surface area contributed by atoms with E-state index in [1.807, 2.05) is 18.2 Å². The van der Waals surface area contributed by atoms with Crippen LogP contribution < -0.4 is 14.2 Å². The minimum absolute atomic E-state index is 0.00532. The average molecular weight is 363 g/mol. The molecule has 2 aromatic carbocycles. The predicted molar refractivity (Wildman–Crippen MR) is 99.5 cm³/mol. The summed E-state index contributed by atoms with van der Waals surface area (Å²) >= 11 is 6.17. The Morgan fingerprint density at radius 2 is 1.72 bits per heavy atom. The van der Waals surface area contributed by atoms with Crippen LogP contribution in [0.15, 0.2) is 36.4 Å². The number of carbonyl (C=O) groups excluding carboxylic acids is 1. The van der Waals surface area contributed by atoms with Crippen molar-refractivity contribution in [1.29, 1.82) is 0 Å². The van der Waals surface area contributed by atoms with Crippen LogP contribution in [0.5, 0.6) is 17.2 Å². The summed E-state index contributed by atoms with van der Waals surface area (Å²) in [6, 6.07) is 11.1. The van der Waals surface area contributed by atoms with Gasteiger partial charge in [0.25, 0.3) is 0 Å². The summed E-state index contributed by atoms with van der Waals surface area (Å²) in [5.41, 5.74) is 1.57. The number of para-hydroxylation sites is 1. The lowest BCUT2D eigenvalue weighted by Gasteiger charge is -2.22.